The van der Waals surface area contributed by atoms with Gasteiger partial charge in [-0.05, 0) is 30.4 Å². The Morgan fingerprint density at radius 2 is 2.38 bits per heavy atom. The van der Waals surface area contributed by atoms with E-state index in [2.05, 4.69) is 18.0 Å². The van der Waals surface area contributed by atoms with Crippen LogP contribution in [0.15, 0.2) is 24.5 Å². The van der Waals surface area contributed by atoms with Crippen molar-refractivity contribution in [3.8, 4) is 0 Å². The molecule has 2 rings (SSSR count). The van der Waals surface area contributed by atoms with Gasteiger partial charge in [0, 0.05) is 46.2 Å². The second kappa shape index (κ2) is 7.41. The number of hydrogen-bond donors (Lipinski definition) is 0. The summed E-state index contributed by atoms with van der Waals surface area (Å²) < 4.78 is 5.05. The summed E-state index contributed by atoms with van der Waals surface area (Å²) in [6.07, 6.45) is 5.50. The number of amides is 2. The Morgan fingerprint density at radius 3 is 3.05 bits per heavy atom. The summed E-state index contributed by atoms with van der Waals surface area (Å²) in [5, 5.41) is 0. The topological polar surface area (TPSA) is 45.7 Å². The number of likely N-dealkylation sites (tertiary alicyclic amines) is 1. The van der Waals surface area contributed by atoms with E-state index < -0.39 is 0 Å². The van der Waals surface area contributed by atoms with Crippen molar-refractivity contribution in [2.45, 2.75) is 25.8 Å². The van der Waals surface area contributed by atoms with Crippen LogP contribution >= 0.6 is 0 Å². The van der Waals surface area contributed by atoms with Gasteiger partial charge in [0.25, 0.3) is 0 Å². The zero-order valence-electron chi connectivity index (χ0n) is 13.2. The largest absolute Gasteiger partial charge is 0.385 e. The lowest BCUT2D eigenvalue weighted by atomic mass is 10.0. The Hall–Kier alpha value is -1.62. The number of carbonyl (C=O) groups excluding carboxylic acids is 1. The number of carbonyl (C=O) groups is 1. The smallest absolute Gasteiger partial charge is 0.320 e. The Kier molecular flexibility index (Phi) is 5.56. The number of nitrogens with zero attached hydrogens (tertiary/aromatic N) is 3. The maximum absolute atomic E-state index is 12.7. The van der Waals surface area contributed by atoms with Crippen LogP contribution in [-0.2, 0) is 4.74 Å². The van der Waals surface area contributed by atoms with Crippen LogP contribution in [0, 0.1) is 5.92 Å². The van der Waals surface area contributed by atoms with Gasteiger partial charge in [0.2, 0.25) is 0 Å². The molecule has 0 aromatic carbocycles. The zero-order chi connectivity index (χ0) is 15.2. The van der Waals surface area contributed by atoms with Crippen molar-refractivity contribution in [3.63, 3.8) is 0 Å². The molecule has 0 unspecified atom stereocenters. The predicted molar refractivity (Wildman–Crippen MR) is 82.0 cm³/mol. The van der Waals surface area contributed by atoms with E-state index in [1.54, 1.807) is 18.2 Å². The zero-order valence-corrected chi connectivity index (χ0v) is 13.2. The highest BCUT2D eigenvalue weighted by atomic mass is 16.5. The van der Waals surface area contributed by atoms with Gasteiger partial charge in [0.15, 0.2) is 0 Å². The fraction of sp³-hybridized carbons (Fsp3) is 0.625. The van der Waals surface area contributed by atoms with Gasteiger partial charge in [0.05, 0.1) is 6.04 Å². The molecular weight excluding hydrogens is 266 g/mol. The van der Waals surface area contributed by atoms with Crippen LogP contribution in [0.5, 0.6) is 0 Å². The van der Waals surface area contributed by atoms with Crippen molar-refractivity contribution in [1.29, 1.82) is 0 Å². The first-order chi connectivity index (χ1) is 10.1. The third kappa shape index (κ3) is 3.94. The molecule has 0 radical (unpaired) electrons. The number of pyridine rings is 1. The van der Waals surface area contributed by atoms with Crippen LogP contribution < -0.4 is 0 Å². The predicted octanol–water partition coefficient (Wildman–Crippen LogP) is 2.55. The molecular formula is C16H25N3O2. The molecule has 0 spiro atoms. The lowest BCUT2D eigenvalue weighted by Crippen LogP contribution is -2.41. The number of methoxy groups -OCH3 is 1. The van der Waals surface area contributed by atoms with Gasteiger partial charge in [-0.3, -0.25) is 4.98 Å². The van der Waals surface area contributed by atoms with Gasteiger partial charge in [-0.25, -0.2) is 4.79 Å². The fourth-order valence-corrected chi connectivity index (χ4v) is 2.91. The van der Waals surface area contributed by atoms with E-state index in [1.807, 2.05) is 24.2 Å². The van der Waals surface area contributed by atoms with Crippen LogP contribution in [0.2, 0.25) is 0 Å². The molecule has 5 heteroatoms. The molecule has 2 amide bonds. The lowest BCUT2D eigenvalue weighted by Gasteiger charge is -2.29. The van der Waals surface area contributed by atoms with Crippen LogP contribution in [-0.4, -0.2) is 54.7 Å². The Balaban J connectivity index is 2.04. The molecule has 1 aromatic rings. The monoisotopic (exact) mass is 291 g/mol. The van der Waals surface area contributed by atoms with E-state index in [9.17, 15) is 4.79 Å². The van der Waals surface area contributed by atoms with Gasteiger partial charge in [-0.1, -0.05) is 13.0 Å². The van der Waals surface area contributed by atoms with Crippen molar-refractivity contribution in [2.24, 2.45) is 5.92 Å². The Labute approximate surface area is 126 Å². The minimum Gasteiger partial charge on any atom is -0.385 e. The maximum atomic E-state index is 12.7. The molecule has 0 N–H and O–H groups in total. The van der Waals surface area contributed by atoms with E-state index in [1.165, 1.54) is 0 Å². The standard InChI is InChI=1S/C16H25N3O2/c1-13-10-15(14-6-4-7-17-11-14)19(12-13)16(20)18(2)8-5-9-21-3/h4,6-7,11,13,15H,5,8-10,12H2,1-3H3/t13-,15-/m1/s1. The highest BCUT2D eigenvalue weighted by molar-refractivity contribution is 5.75. The van der Waals surface area contributed by atoms with Crippen LogP contribution in [0.1, 0.15) is 31.4 Å². The SMILES string of the molecule is COCCCN(C)C(=O)N1C[C@H](C)C[C@@H]1c1cccnc1. The van der Waals surface area contributed by atoms with Gasteiger partial charge >= 0.3 is 6.03 Å². The first kappa shape index (κ1) is 15.8. The third-order valence-electron chi connectivity index (χ3n) is 3.99. The van der Waals surface area contributed by atoms with Gasteiger partial charge in [-0.2, -0.15) is 0 Å². The van der Waals surface area contributed by atoms with Crippen molar-refractivity contribution >= 4 is 6.03 Å². The van der Waals surface area contributed by atoms with Crippen molar-refractivity contribution < 1.29 is 9.53 Å². The Bertz CT molecular complexity index is 452. The molecule has 0 saturated carbocycles. The summed E-state index contributed by atoms with van der Waals surface area (Å²) in [6, 6.07) is 4.24. The summed E-state index contributed by atoms with van der Waals surface area (Å²) in [7, 11) is 3.55. The first-order valence-electron chi connectivity index (χ1n) is 7.54. The summed E-state index contributed by atoms with van der Waals surface area (Å²) in [5.74, 6) is 0.520. The lowest BCUT2D eigenvalue weighted by molar-refractivity contribution is 0.146. The minimum atomic E-state index is 0.101. The second-order valence-corrected chi connectivity index (χ2v) is 5.85. The summed E-state index contributed by atoms with van der Waals surface area (Å²) >= 11 is 0. The first-order valence-corrected chi connectivity index (χ1v) is 7.54. The number of ether oxygens (including phenoxy) is 1. The molecule has 116 valence electrons. The van der Waals surface area contributed by atoms with E-state index in [4.69, 9.17) is 4.74 Å². The van der Waals surface area contributed by atoms with Crippen molar-refractivity contribution in [1.82, 2.24) is 14.8 Å². The van der Waals surface area contributed by atoms with Gasteiger partial charge in [-0.15, -0.1) is 0 Å². The number of rotatable bonds is 5. The summed E-state index contributed by atoms with van der Waals surface area (Å²) in [5.41, 5.74) is 1.13. The third-order valence-corrected chi connectivity index (χ3v) is 3.99. The quantitative estimate of drug-likeness (QED) is 0.783. The van der Waals surface area contributed by atoms with Crippen LogP contribution in [0.25, 0.3) is 0 Å². The molecule has 2 atom stereocenters. The van der Waals surface area contributed by atoms with E-state index in [0.717, 1.165) is 31.5 Å². The molecule has 1 aliphatic heterocycles. The van der Waals surface area contributed by atoms with Crippen molar-refractivity contribution in [2.75, 3.05) is 33.9 Å². The molecule has 1 aromatic heterocycles. The number of urea groups is 1. The maximum Gasteiger partial charge on any atom is 0.320 e. The number of hydrogen-bond acceptors (Lipinski definition) is 3. The van der Waals surface area contributed by atoms with E-state index in [-0.39, 0.29) is 12.1 Å². The average Bonchev–Trinajstić information content (AvgIpc) is 2.89. The second-order valence-electron chi connectivity index (χ2n) is 5.85. The number of aromatic nitrogens is 1. The Morgan fingerprint density at radius 1 is 1.57 bits per heavy atom. The van der Waals surface area contributed by atoms with Gasteiger partial charge in [0.1, 0.15) is 0 Å². The highest BCUT2D eigenvalue weighted by Gasteiger charge is 2.35. The molecule has 0 bridgehead atoms. The molecule has 1 fully saturated rings. The minimum absolute atomic E-state index is 0.101. The highest BCUT2D eigenvalue weighted by Crippen LogP contribution is 2.35. The summed E-state index contributed by atoms with van der Waals surface area (Å²) in [4.78, 5) is 20.6. The van der Waals surface area contributed by atoms with Crippen LogP contribution in [0.3, 0.4) is 0 Å². The molecule has 0 aliphatic carbocycles. The van der Waals surface area contributed by atoms with Crippen LogP contribution in [0.4, 0.5) is 4.79 Å². The molecule has 1 saturated heterocycles. The van der Waals surface area contributed by atoms with E-state index in [0.29, 0.717) is 12.5 Å². The summed E-state index contributed by atoms with van der Waals surface area (Å²) in [6.45, 7) is 4.41. The normalized spacial score (nSPS) is 21.6. The van der Waals surface area contributed by atoms with E-state index >= 15 is 0 Å². The molecule has 2 heterocycles. The van der Waals surface area contributed by atoms with Gasteiger partial charge < -0.3 is 14.5 Å². The molecule has 21 heavy (non-hydrogen) atoms. The molecule has 1 aliphatic rings. The van der Waals surface area contributed by atoms with Crippen molar-refractivity contribution in [3.05, 3.63) is 30.1 Å². The molecule has 5 nitrogen and oxygen atoms in total. The fourth-order valence-electron chi connectivity index (χ4n) is 2.91. The average molecular weight is 291 g/mol.